The van der Waals surface area contributed by atoms with Crippen LogP contribution in [0.3, 0.4) is 0 Å². The fourth-order valence-electron chi connectivity index (χ4n) is 3.18. The first-order valence-electron chi connectivity index (χ1n) is 7.98. The normalized spacial score (nSPS) is 21.6. The van der Waals surface area contributed by atoms with Gasteiger partial charge in [0.25, 0.3) is 0 Å². The summed E-state index contributed by atoms with van der Waals surface area (Å²) in [6, 6.07) is 7.31. The van der Waals surface area contributed by atoms with Crippen LogP contribution in [0.2, 0.25) is 0 Å². The molecule has 1 N–H and O–H groups in total. The highest BCUT2D eigenvalue weighted by molar-refractivity contribution is 5.31. The van der Waals surface area contributed by atoms with E-state index in [1.54, 1.807) is 0 Å². The lowest BCUT2D eigenvalue weighted by Gasteiger charge is -2.25. The van der Waals surface area contributed by atoms with Gasteiger partial charge in [0.15, 0.2) is 0 Å². The highest BCUT2D eigenvalue weighted by Crippen LogP contribution is 2.26. The van der Waals surface area contributed by atoms with Crippen LogP contribution in [0.5, 0.6) is 0 Å². The molecule has 0 amide bonds. The summed E-state index contributed by atoms with van der Waals surface area (Å²) in [5, 5.41) is 3.49. The van der Waals surface area contributed by atoms with Gasteiger partial charge in [-0.25, -0.2) is 0 Å². The molecule has 112 valence electrons. The number of likely N-dealkylation sites (N-methyl/N-ethyl adjacent to an activating group) is 1. The standard InChI is InChI=1S/C18H30N2/c1-13(2)17-8-9-20(11-17)12-18(19-5)16-7-6-14(3)15(4)10-16/h6-7,10,13,17-19H,8-9,11-12H2,1-5H3. The van der Waals surface area contributed by atoms with Gasteiger partial charge in [-0.1, -0.05) is 32.0 Å². The molecule has 0 radical (unpaired) electrons. The molecule has 1 aromatic carbocycles. The van der Waals surface area contributed by atoms with Gasteiger partial charge < -0.3 is 10.2 Å². The minimum Gasteiger partial charge on any atom is -0.312 e. The number of benzene rings is 1. The maximum absolute atomic E-state index is 3.49. The fourth-order valence-corrected chi connectivity index (χ4v) is 3.18. The van der Waals surface area contributed by atoms with Crippen LogP contribution in [0.1, 0.15) is 43.0 Å². The van der Waals surface area contributed by atoms with Crippen LogP contribution in [0.15, 0.2) is 18.2 Å². The third-order valence-electron chi connectivity index (χ3n) is 4.97. The summed E-state index contributed by atoms with van der Waals surface area (Å²) in [7, 11) is 2.08. The molecule has 2 nitrogen and oxygen atoms in total. The average Bonchev–Trinajstić information content (AvgIpc) is 2.88. The fraction of sp³-hybridized carbons (Fsp3) is 0.667. The molecule has 1 fully saturated rings. The minimum absolute atomic E-state index is 0.445. The Kier molecular flexibility index (Phi) is 5.22. The number of likely N-dealkylation sites (tertiary alicyclic amines) is 1. The van der Waals surface area contributed by atoms with E-state index >= 15 is 0 Å². The second-order valence-corrected chi connectivity index (χ2v) is 6.74. The van der Waals surface area contributed by atoms with Gasteiger partial charge in [0.1, 0.15) is 0 Å². The van der Waals surface area contributed by atoms with Crippen molar-refractivity contribution in [3.63, 3.8) is 0 Å². The van der Waals surface area contributed by atoms with E-state index in [4.69, 9.17) is 0 Å². The molecule has 0 spiro atoms. The zero-order valence-corrected chi connectivity index (χ0v) is 13.7. The van der Waals surface area contributed by atoms with Crippen LogP contribution in [-0.2, 0) is 0 Å². The summed E-state index contributed by atoms with van der Waals surface area (Å²) in [5.41, 5.74) is 4.19. The zero-order chi connectivity index (χ0) is 14.7. The Hall–Kier alpha value is -0.860. The SMILES string of the molecule is CNC(CN1CCC(C(C)C)C1)c1ccc(C)c(C)c1. The van der Waals surface area contributed by atoms with Gasteiger partial charge in [0.05, 0.1) is 0 Å². The molecule has 2 unspecified atom stereocenters. The maximum Gasteiger partial charge on any atom is 0.0446 e. The van der Waals surface area contributed by atoms with Crippen LogP contribution in [0.4, 0.5) is 0 Å². The minimum atomic E-state index is 0.445. The Labute approximate surface area is 124 Å². The molecule has 1 aromatic rings. The smallest absolute Gasteiger partial charge is 0.0446 e. The zero-order valence-electron chi connectivity index (χ0n) is 13.7. The number of aryl methyl sites for hydroxylation is 2. The topological polar surface area (TPSA) is 15.3 Å². The quantitative estimate of drug-likeness (QED) is 0.883. The van der Waals surface area contributed by atoms with Crippen molar-refractivity contribution in [2.75, 3.05) is 26.7 Å². The third kappa shape index (κ3) is 3.62. The first-order valence-corrected chi connectivity index (χ1v) is 7.98. The number of rotatable bonds is 5. The largest absolute Gasteiger partial charge is 0.312 e. The number of nitrogens with zero attached hydrogens (tertiary/aromatic N) is 1. The van der Waals surface area contributed by atoms with Crippen molar-refractivity contribution < 1.29 is 0 Å². The molecule has 0 aromatic heterocycles. The van der Waals surface area contributed by atoms with Gasteiger partial charge in [-0.2, -0.15) is 0 Å². The lowest BCUT2D eigenvalue weighted by Crippen LogP contribution is -2.32. The van der Waals surface area contributed by atoms with E-state index in [0.29, 0.717) is 6.04 Å². The van der Waals surface area contributed by atoms with Gasteiger partial charge in [-0.3, -0.25) is 0 Å². The van der Waals surface area contributed by atoms with Gasteiger partial charge >= 0.3 is 0 Å². The molecule has 0 aliphatic carbocycles. The van der Waals surface area contributed by atoms with E-state index in [0.717, 1.165) is 18.4 Å². The molecule has 1 saturated heterocycles. The first kappa shape index (κ1) is 15.5. The van der Waals surface area contributed by atoms with E-state index in [1.165, 1.54) is 36.2 Å². The van der Waals surface area contributed by atoms with Gasteiger partial charge in [0, 0.05) is 19.1 Å². The van der Waals surface area contributed by atoms with E-state index in [1.807, 2.05) is 0 Å². The van der Waals surface area contributed by atoms with Crippen LogP contribution < -0.4 is 5.32 Å². The molecule has 1 aliphatic rings. The van der Waals surface area contributed by atoms with Crippen molar-refractivity contribution in [1.29, 1.82) is 0 Å². The Bertz CT molecular complexity index is 439. The third-order valence-corrected chi connectivity index (χ3v) is 4.97. The van der Waals surface area contributed by atoms with Gasteiger partial charge in [-0.05, 0) is 62.4 Å². The van der Waals surface area contributed by atoms with Crippen molar-refractivity contribution in [2.24, 2.45) is 11.8 Å². The number of hydrogen-bond acceptors (Lipinski definition) is 2. The first-order chi connectivity index (χ1) is 9.51. The molecule has 0 saturated carbocycles. The second-order valence-electron chi connectivity index (χ2n) is 6.74. The summed E-state index contributed by atoms with van der Waals surface area (Å²) in [5.74, 6) is 1.70. The van der Waals surface area contributed by atoms with Crippen LogP contribution >= 0.6 is 0 Å². The predicted molar refractivity (Wildman–Crippen MR) is 87.1 cm³/mol. The van der Waals surface area contributed by atoms with Crippen molar-refractivity contribution in [3.05, 3.63) is 34.9 Å². The lowest BCUT2D eigenvalue weighted by molar-refractivity contribution is 0.275. The number of nitrogens with one attached hydrogen (secondary N) is 1. The maximum atomic E-state index is 3.49. The molecular formula is C18H30N2. The van der Waals surface area contributed by atoms with Crippen LogP contribution in [0.25, 0.3) is 0 Å². The monoisotopic (exact) mass is 274 g/mol. The van der Waals surface area contributed by atoms with E-state index in [9.17, 15) is 0 Å². The molecular weight excluding hydrogens is 244 g/mol. The Morgan fingerprint density at radius 2 is 2.00 bits per heavy atom. The lowest BCUT2D eigenvalue weighted by atomic mass is 9.95. The molecule has 2 rings (SSSR count). The van der Waals surface area contributed by atoms with E-state index < -0.39 is 0 Å². The van der Waals surface area contributed by atoms with Crippen molar-refractivity contribution >= 4 is 0 Å². The van der Waals surface area contributed by atoms with E-state index in [-0.39, 0.29) is 0 Å². The molecule has 1 heterocycles. The van der Waals surface area contributed by atoms with Gasteiger partial charge in [-0.15, -0.1) is 0 Å². The molecule has 1 aliphatic heterocycles. The number of hydrogen-bond donors (Lipinski definition) is 1. The predicted octanol–water partition coefficient (Wildman–Crippen LogP) is 3.54. The van der Waals surface area contributed by atoms with Crippen LogP contribution in [-0.4, -0.2) is 31.6 Å². The van der Waals surface area contributed by atoms with Crippen molar-refractivity contribution in [3.8, 4) is 0 Å². The molecule has 2 atom stereocenters. The molecule has 0 bridgehead atoms. The summed E-state index contributed by atoms with van der Waals surface area (Å²) >= 11 is 0. The molecule has 2 heteroatoms. The van der Waals surface area contributed by atoms with Crippen molar-refractivity contribution in [1.82, 2.24) is 10.2 Å². The van der Waals surface area contributed by atoms with Crippen molar-refractivity contribution in [2.45, 2.75) is 40.2 Å². The Morgan fingerprint density at radius 3 is 2.55 bits per heavy atom. The van der Waals surface area contributed by atoms with E-state index in [2.05, 4.69) is 63.2 Å². The highest BCUT2D eigenvalue weighted by atomic mass is 15.2. The summed E-state index contributed by atoms with van der Waals surface area (Å²) in [6.07, 6.45) is 1.36. The Morgan fingerprint density at radius 1 is 1.25 bits per heavy atom. The Balaban J connectivity index is 2.00. The summed E-state index contributed by atoms with van der Waals surface area (Å²) in [6.45, 7) is 12.7. The highest BCUT2D eigenvalue weighted by Gasteiger charge is 2.26. The summed E-state index contributed by atoms with van der Waals surface area (Å²) in [4.78, 5) is 2.63. The average molecular weight is 274 g/mol. The van der Waals surface area contributed by atoms with Gasteiger partial charge in [0.2, 0.25) is 0 Å². The second kappa shape index (κ2) is 6.73. The van der Waals surface area contributed by atoms with Crippen LogP contribution in [0, 0.1) is 25.7 Å². The summed E-state index contributed by atoms with van der Waals surface area (Å²) < 4.78 is 0. The molecule has 20 heavy (non-hydrogen) atoms.